The van der Waals surface area contributed by atoms with Crippen molar-refractivity contribution in [2.45, 2.75) is 0 Å². The second-order valence-corrected chi connectivity index (χ2v) is 2.57. The minimum Gasteiger partial charge on any atom is -0.435 e. The molecule has 2 N–H and O–H groups in total. The third-order valence-electron chi connectivity index (χ3n) is 1.54. The highest BCUT2D eigenvalue weighted by Crippen LogP contribution is 2.12. The zero-order valence-corrected chi connectivity index (χ0v) is 7.62. The van der Waals surface area contributed by atoms with E-state index in [4.69, 9.17) is 5.73 Å². The lowest BCUT2D eigenvalue weighted by atomic mass is 10.2. The maximum Gasteiger partial charge on any atom is 0.340 e. The van der Waals surface area contributed by atoms with E-state index in [1.807, 2.05) is 0 Å². The van der Waals surface area contributed by atoms with Gasteiger partial charge in [0.2, 0.25) is 0 Å². The zero-order valence-electron chi connectivity index (χ0n) is 7.62. The van der Waals surface area contributed by atoms with Crippen molar-refractivity contribution in [1.29, 1.82) is 0 Å². The lowest BCUT2D eigenvalue weighted by molar-refractivity contribution is -0.0125. The van der Waals surface area contributed by atoms with Crippen LogP contribution in [0.5, 0.6) is 0 Å². The van der Waals surface area contributed by atoms with Crippen molar-refractivity contribution in [2.24, 2.45) is 0 Å². The fourth-order valence-corrected chi connectivity index (χ4v) is 0.866. The first kappa shape index (κ1) is 10.5. The van der Waals surface area contributed by atoms with Crippen LogP contribution in [0.15, 0.2) is 18.2 Å². The van der Waals surface area contributed by atoms with Crippen LogP contribution in [0.4, 0.5) is 10.1 Å². The molecule has 1 aromatic carbocycles. The molecule has 0 bridgehead atoms. The van der Waals surface area contributed by atoms with E-state index in [-0.39, 0.29) is 18.0 Å². The van der Waals surface area contributed by atoms with Gasteiger partial charge in [0.1, 0.15) is 5.82 Å². The molecule has 14 heavy (non-hydrogen) atoms. The van der Waals surface area contributed by atoms with Crippen molar-refractivity contribution < 1.29 is 18.7 Å². The number of esters is 1. The van der Waals surface area contributed by atoms with Crippen LogP contribution >= 0.6 is 0 Å². The van der Waals surface area contributed by atoms with E-state index in [1.54, 1.807) is 0 Å². The Balaban J connectivity index is 2.76. The predicted molar refractivity (Wildman–Crippen MR) is 48.1 cm³/mol. The molecular weight excluding hydrogens is 189 g/mol. The van der Waals surface area contributed by atoms with Gasteiger partial charge in [-0.15, -0.1) is 0 Å². The summed E-state index contributed by atoms with van der Waals surface area (Å²) in [5.74, 6) is -1.16. The minimum atomic E-state index is -0.599. The summed E-state index contributed by atoms with van der Waals surface area (Å²) in [6, 6.07) is 3.62. The van der Waals surface area contributed by atoms with E-state index in [9.17, 15) is 9.18 Å². The summed E-state index contributed by atoms with van der Waals surface area (Å²) in [6.07, 6.45) is 0. The normalized spacial score (nSPS) is 9.86. The second-order valence-electron chi connectivity index (χ2n) is 2.57. The number of ether oxygens (including phenoxy) is 2. The van der Waals surface area contributed by atoms with Crippen molar-refractivity contribution >= 4 is 11.7 Å². The van der Waals surface area contributed by atoms with Crippen molar-refractivity contribution in [3.63, 3.8) is 0 Å². The molecule has 0 saturated carbocycles. The van der Waals surface area contributed by atoms with Crippen LogP contribution in [0.3, 0.4) is 0 Å². The van der Waals surface area contributed by atoms with Crippen LogP contribution in [0.1, 0.15) is 10.4 Å². The van der Waals surface area contributed by atoms with Crippen LogP contribution in [-0.2, 0) is 9.47 Å². The summed E-state index contributed by atoms with van der Waals surface area (Å²) in [5.41, 5.74) is 5.38. The second kappa shape index (κ2) is 4.57. The molecule has 1 rings (SSSR count). The number of nitrogen functional groups attached to an aromatic ring is 1. The molecule has 0 amide bonds. The first-order valence-electron chi connectivity index (χ1n) is 3.86. The average molecular weight is 199 g/mol. The molecule has 5 heteroatoms. The summed E-state index contributed by atoms with van der Waals surface area (Å²) in [7, 11) is 1.40. The van der Waals surface area contributed by atoms with Gasteiger partial charge in [0, 0.05) is 7.11 Å². The molecule has 0 aliphatic rings. The highest BCUT2D eigenvalue weighted by Gasteiger charge is 2.08. The van der Waals surface area contributed by atoms with Gasteiger partial charge in [-0.2, -0.15) is 0 Å². The monoisotopic (exact) mass is 199 g/mol. The Morgan fingerprint density at radius 2 is 2.29 bits per heavy atom. The number of benzene rings is 1. The Labute approximate surface area is 80.4 Å². The van der Waals surface area contributed by atoms with Crippen LogP contribution in [-0.4, -0.2) is 19.9 Å². The van der Waals surface area contributed by atoms with Gasteiger partial charge in [0.05, 0.1) is 11.3 Å². The molecule has 0 saturated heterocycles. The summed E-state index contributed by atoms with van der Waals surface area (Å²) in [6.45, 7) is -0.143. The van der Waals surface area contributed by atoms with Gasteiger partial charge >= 0.3 is 5.97 Å². The first-order valence-corrected chi connectivity index (χ1v) is 3.86. The number of methoxy groups -OCH3 is 1. The van der Waals surface area contributed by atoms with E-state index >= 15 is 0 Å². The van der Waals surface area contributed by atoms with E-state index < -0.39 is 11.8 Å². The third-order valence-corrected chi connectivity index (χ3v) is 1.54. The van der Waals surface area contributed by atoms with Gasteiger partial charge in [-0.3, -0.25) is 0 Å². The molecule has 1 aromatic rings. The SMILES string of the molecule is COCOC(=O)c1ccc(F)c(N)c1. The zero-order chi connectivity index (χ0) is 10.6. The largest absolute Gasteiger partial charge is 0.435 e. The topological polar surface area (TPSA) is 61.5 Å². The van der Waals surface area contributed by atoms with Crippen LogP contribution in [0.25, 0.3) is 0 Å². The molecule has 0 spiro atoms. The van der Waals surface area contributed by atoms with E-state index in [2.05, 4.69) is 9.47 Å². The van der Waals surface area contributed by atoms with Gasteiger partial charge in [0.25, 0.3) is 0 Å². The van der Waals surface area contributed by atoms with Crippen molar-refractivity contribution in [3.8, 4) is 0 Å². The number of rotatable bonds is 3. The lowest BCUT2D eigenvalue weighted by Gasteiger charge is -2.03. The molecule has 0 fully saturated rings. The summed E-state index contributed by atoms with van der Waals surface area (Å²) in [4.78, 5) is 11.2. The van der Waals surface area contributed by atoms with E-state index in [1.165, 1.54) is 19.2 Å². The standard InChI is InChI=1S/C9H10FNO3/c1-13-5-14-9(12)6-2-3-7(10)8(11)4-6/h2-4H,5,11H2,1H3. The number of nitrogens with two attached hydrogens (primary N) is 1. The lowest BCUT2D eigenvalue weighted by Crippen LogP contribution is -2.08. The van der Waals surface area contributed by atoms with Crippen LogP contribution < -0.4 is 5.73 Å². The minimum absolute atomic E-state index is 0.0862. The molecule has 0 aromatic heterocycles. The predicted octanol–water partition coefficient (Wildman–Crippen LogP) is 1.17. The Morgan fingerprint density at radius 1 is 1.57 bits per heavy atom. The number of halogens is 1. The number of hydrogen-bond donors (Lipinski definition) is 1. The maximum atomic E-state index is 12.7. The number of carbonyl (C=O) groups excluding carboxylic acids is 1. The molecule has 76 valence electrons. The summed E-state index contributed by atoms with van der Waals surface area (Å²) in [5, 5.41) is 0. The molecule has 0 aliphatic heterocycles. The molecule has 0 heterocycles. The molecule has 0 atom stereocenters. The van der Waals surface area contributed by atoms with Gasteiger partial charge in [-0.25, -0.2) is 9.18 Å². The number of hydrogen-bond acceptors (Lipinski definition) is 4. The highest BCUT2D eigenvalue weighted by molar-refractivity contribution is 5.90. The van der Waals surface area contributed by atoms with E-state index in [0.717, 1.165) is 6.07 Å². The maximum absolute atomic E-state index is 12.7. The fourth-order valence-electron chi connectivity index (χ4n) is 0.866. The molecule has 0 radical (unpaired) electrons. The third kappa shape index (κ3) is 2.43. The summed E-state index contributed by atoms with van der Waals surface area (Å²) >= 11 is 0. The molecular formula is C9H10FNO3. The molecule has 0 unspecified atom stereocenters. The Hall–Kier alpha value is -1.62. The Morgan fingerprint density at radius 3 is 2.86 bits per heavy atom. The van der Waals surface area contributed by atoms with Gasteiger partial charge in [-0.05, 0) is 18.2 Å². The summed E-state index contributed by atoms with van der Waals surface area (Å²) < 4.78 is 21.9. The van der Waals surface area contributed by atoms with Gasteiger partial charge in [0.15, 0.2) is 6.79 Å². The van der Waals surface area contributed by atoms with Gasteiger partial charge < -0.3 is 15.2 Å². The average Bonchev–Trinajstić information content (AvgIpc) is 2.18. The number of carbonyl (C=O) groups is 1. The Bertz CT molecular complexity index is 341. The smallest absolute Gasteiger partial charge is 0.340 e. The highest BCUT2D eigenvalue weighted by atomic mass is 19.1. The van der Waals surface area contributed by atoms with Crippen LogP contribution in [0.2, 0.25) is 0 Å². The van der Waals surface area contributed by atoms with E-state index in [0.29, 0.717) is 0 Å². The molecule has 4 nitrogen and oxygen atoms in total. The Kier molecular flexibility index (Phi) is 3.41. The fraction of sp³-hybridized carbons (Fsp3) is 0.222. The quantitative estimate of drug-likeness (QED) is 0.451. The van der Waals surface area contributed by atoms with Crippen LogP contribution in [0, 0.1) is 5.82 Å². The van der Waals surface area contributed by atoms with Crippen molar-refractivity contribution in [3.05, 3.63) is 29.6 Å². The van der Waals surface area contributed by atoms with Crippen molar-refractivity contribution in [1.82, 2.24) is 0 Å². The van der Waals surface area contributed by atoms with Gasteiger partial charge in [-0.1, -0.05) is 0 Å². The number of anilines is 1. The molecule has 0 aliphatic carbocycles. The first-order chi connectivity index (χ1) is 6.65. The van der Waals surface area contributed by atoms with Crippen molar-refractivity contribution in [2.75, 3.05) is 19.6 Å².